The Hall–Kier alpha value is -6.95. The van der Waals surface area contributed by atoms with Crippen LogP contribution < -0.4 is 0 Å². The van der Waals surface area contributed by atoms with E-state index in [0.29, 0.717) is 23.0 Å². The lowest BCUT2D eigenvalue weighted by molar-refractivity contribution is 0.669. The molecule has 3 heterocycles. The number of para-hydroxylation sites is 1. The van der Waals surface area contributed by atoms with Crippen LogP contribution in [0, 0.1) is 0 Å². The van der Waals surface area contributed by atoms with Gasteiger partial charge in [0.1, 0.15) is 11.2 Å². The van der Waals surface area contributed by atoms with E-state index in [1.807, 2.05) is 97.1 Å². The van der Waals surface area contributed by atoms with Crippen molar-refractivity contribution >= 4 is 64.2 Å². The lowest BCUT2D eigenvalue weighted by Crippen LogP contribution is -2.00. The van der Waals surface area contributed by atoms with Crippen molar-refractivity contribution in [2.45, 2.75) is 0 Å². The van der Waals surface area contributed by atoms with Crippen LogP contribution in [0.25, 0.3) is 109 Å². The first-order valence-electron chi connectivity index (χ1n) is 20.1. The van der Waals surface area contributed by atoms with Crippen molar-refractivity contribution in [1.29, 1.82) is 0 Å². The smallest absolute Gasteiger partial charge is 0.164 e. The predicted molar refractivity (Wildman–Crippen MR) is 225 cm³/mol. The molecule has 0 fully saturated rings. The molecule has 0 N–H and O–H groups in total. The van der Waals surface area contributed by atoms with E-state index >= 15 is 0 Å². The summed E-state index contributed by atoms with van der Waals surface area (Å²) in [7, 11) is 0. The number of fused-ring (bicyclic) bond motifs is 7. The van der Waals surface area contributed by atoms with Gasteiger partial charge in [0.15, 0.2) is 17.5 Å². The van der Waals surface area contributed by atoms with Crippen molar-refractivity contribution in [2.24, 2.45) is 0 Å². The number of rotatable bonds is 5. The average Bonchev–Trinajstić information content (AvgIpc) is 3.86. The van der Waals surface area contributed by atoms with Gasteiger partial charge in [0.2, 0.25) is 0 Å². The molecule has 5 heteroatoms. The van der Waals surface area contributed by atoms with Gasteiger partial charge in [0.05, 0.1) is 6.85 Å². The summed E-state index contributed by atoms with van der Waals surface area (Å²) in [5.74, 6) is 1.65. The largest absolute Gasteiger partial charge is 0.456 e. The third-order valence-corrected chi connectivity index (χ3v) is 11.3. The van der Waals surface area contributed by atoms with Crippen LogP contribution in [0.4, 0.5) is 0 Å². The van der Waals surface area contributed by atoms with Crippen molar-refractivity contribution in [3.05, 3.63) is 176 Å². The maximum Gasteiger partial charge on any atom is 0.164 e. The number of benzene rings is 8. The molecule has 0 saturated heterocycles. The van der Waals surface area contributed by atoms with Crippen LogP contribution in [0.5, 0.6) is 0 Å². The summed E-state index contributed by atoms with van der Waals surface area (Å²) in [6.07, 6.45) is 0. The number of nitrogens with zero attached hydrogens (tertiary/aromatic N) is 3. The van der Waals surface area contributed by atoms with Crippen LogP contribution in [-0.4, -0.2) is 15.0 Å². The number of hydrogen-bond donors (Lipinski definition) is 0. The third-order valence-electron chi connectivity index (χ3n) is 10.1. The summed E-state index contributed by atoms with van der Waals surface area (Å²) in [5.41, 5.74) is 7.02. The number of furan rings is 1. The maximum absolute atomic E-state index is 8.73. The molecule has 4 nitrogen and oxygen atoms in total. The summed E-state index contributed by atoms with van der Waals surface area (Å²) < 4.78 is 50.4. The molecule has 54 heavy (non-hydrogen) atoms. The molecule has 0 saturated carbocycles. The first kappa shape index (κ1) is 25.9. The Morgan fingerprint density at radius 1 is 0.389 bits per heavy atom. The minimum Gasteiger partial charge on any atom is -0.456 e. The molecule has 0 spiro atoms. The number of aromatic nitrogens is 3. The topological polar surface area (TPSA) is 51.8 Å². The monoisotopic (exact) mass is 712 g/mol. The fraction of sp³-hybridized carbons (Fsp3) is 0. The van der Waals surface area contributed by atoms with Crippen molar-refractivity contribution in [3.8, 4) is 56.4 Å². The molecule has 0 amide bonds. The molecule has 0 bridgehead atoms. The highest BCUT2D eigenvalue weighted by molar-refractivity contribution is 7.26. The van der Waals surface area contributed by atoms with Gasteiger partial charge in [0.25, 0.3) is 0 Å². The number of hydrogen-bond acceptors (Lipinski definition) is 5. The van der Waals surface area contributed by atoms with Crippen molar-refractivity contribution in [2.75, 3.05) is 0 Å². The van der Waals surface area contributed by atoms with Gasteiger partial charge in [-0.2, -0.15) is 0 Å². The van der Waals surface area contributed by atoms with Gasteiger partial charge in [-0.1, -0.05) is 152 Å². The molecule has 0 radical (unpaired) electrons. The molecule has 8 aromatic carbocycles. The van der Waals surface area contributed by atoms with Crippen LogP contribution in [0.1, 0.15) is 6.85 Å². The molecular weight excluding hydrogens is 679 g/mol. The second kappa shape index (κ2) is 12.3. The van der Waals surface area contributed by atoms with E-state index in [1.54, 1.807) is 11.3 Å². The van der Waals surface area contributed by atoms with Gasteiger partial charge in [-0.25, -0.2) is 15.0 Å². The summed E-state index contributed by atoms with van der Waals surface area (Å²) in [6.45, 7) is 0. The highest BCUT2D eigenvalue weighted by atomic mass is 32.1. The molecule has 11 rings (SSSR count). The molecule has 11 aromatic rings. The fourth-order valence-corrected chi connectivity index (χ4v) is 8.90. The molecular formula is C49H29N3OS. The quantitative estimate of drug-likeness (QED) is 0.178. The van der Waals surface area contributed by atoms with Crippen molar-refractivity contribution in [1.82, 2.24) is 15.0 Å². The molecule has 0 atom stereocenters. The summed E-state index contributed by atoms with van der Waals surface area (Å²) >= 11 is 1.57. The Morgan fingerprint density at radius 2 is 0.981 bits per heavy atom. The lowest BCUT2D eigenvalue weighted by Gasteiger charge is -2.13. The molecule has 0 aliphatic carbocycles. The minimum absolute atomic E-state index is 0.202. The second-order valence-electron chi connectivity index (χ2n) is 13.2. The fourth-order valence-electron chi connectivity index (χ4n) is 7.55. The molecule has 3 aromatic heterocycles. The lowest BCUT2D eigenvalue weighted by atomic mass is 9.93. The molecule has 0 aliphatic heterocycles. The van der Waals surface area contributed by atoms with Gasteiger partial charge in [-0.3, -0.25) is 0 Å². The second-order valence-corrected chi connectivity index (χ2v) is 14.2. The van der Waals surface area contributed by atoms with E-state index < -0.39 is 6.04 Å². The normalized spacial score (nSPS) is 13.0. The van der Waals surface area contributed by atoms with E-state index in [9.17, 15) is 0 Å². The highest BCUT2D eigenvalue weighted by Gasteiger charge is 2.19. The highest BCUT2D eigenvalue weighted by Crippen LogP contribution is 2.46. The molecule has 0 aliphatic rings. The number of thiophene rings is 1. The average molecular weight is 713 g/mol. The van der Waals surface area contributed by atoms with Gasteiger partial charge in [0, 0.05) is 53.2 Å². The van der Waals surface area contributed by atoms with Crippen molar-refractivity contribution in [3.63, 3.8) is 0 Å². The standard InChI is InChI=1S/C49H29N3OS/c1-3-13-30(14-4-1)33-20-11-22-40-41-23-12-21-39(46(41)54-45(33)40)36-27-28-42(35-18-8-7-17-34(35)36)49-51-47(31-15-5-2-6-16-31)50-48(52-49)32-25-26-38-37-19-9-10-24-43(37)53-44(38)29-32/h1-29H/i1D,3D,4D,13D,14D. The van der Waals surface area contributed by atoms with Crippen LogP contribution in [0.3, 0.4) is 0 Å². The van der Waals surface area contributed by atoms with E-state index in [1.165, 1.54) is 0 Å². The van der Waals surface area contributed by atoms with Gasteiger partial charge < -0.3 is 4.42 Å². The van der Waals surface area contributed by atoms with Crippen LogP contribution in [-0.2, 0) is 0 Å². The van der Waals surface area contributed by atoms with Gasteiger partial charge >= 0.3 is 0 Å². The Labute approximate surface area is 321 Å². The minimum atomic E-state index is -0.404. The van der Waals surface area contributed by atoms with E-state index in [0.717, 1.165) is 80.7 Å². The summed E-state index contributed by atoms with van der Waals surface area (Å²) in [4.78, 5) is 15.2. The Morgan fingerprint density at radius 3 is 1.78 bits per heavy atom. The Bertz CT molecular complexity index is 3500. The van der Waals surface area contributed by atoms with E-state index in [2.05, 4.69) is 48.5 Å². The third kappa shape index (κ3) is 4.94. The van der Waals surface area contributed by atoms with E-state index in [-0.39, 0.29) is 29.7 Å². The zero-order valence-electron chi connectivity index (χ0n) is 33.5. The predicted octanol–water partition coefficient (Wildman–Crippen LogP) is 13.6. The van der Waals surface area contributed by atoms with Gasteiger partial charge in [-0.05, 0) is 51.7 Å². The molecule has 252 valence electrons. The first-order chi connectivity index (χ1) is 28.8. The summed E-state index contributed by atoms with van der Waals surface area (Å²) in [5, 5.41) is 6.08. The summed E-state index contributed by atoms with van der Waals surface area (Å²) in [6, 6.07) is 47.0. The Kier molecular flexibility index (Phi) is 5.92. The Balaban J connectivity index is 1.09. The van der Waals surface area contributed by atoms with Crippen LogP contribution in [0.2, 0.25) is 0 Å². The van der Waals surface area contributed by atoms with Gasteiger partial charge in [-0.15, -0.1) is 11.3 Å². The zero-order valence-corrected chi connectivity index (χ0v) is 29.3. The SMILES string of the molecule is [2H]c1c([2H])c([2H])c(-c2cccc3c2sc2c(-c4ccc(-c5nc(-c6ccccc6)nc(-c6ccc7c(c6)oc6ccccc67)n5)c5ccccc45)cccc23)c([2H])c1[2H]. The zero-order chi connectivity index (χ0) is 39.9. The van der Waals surface area contributed by atoms with Crippen molar-refractivity contribution < 1.29 is 11.3 Å². The van der Waals surface area contributed by atoms with Crippen LogP contribution in [0.15, 0.2) is 180 Å². The van der Waals surface area contributed by atoms with Crippen LogP contribution >= 0.6 is 11.3 Å². The molecule has 0 unspecified atom stereocenters. The maximum atomic E-state index is 8.73. The van der Waals surface area contributed by atoms with E-state index in [4.69, 9.17) is 26.2 Å². The first-order valence-corrected chi connectivity index (χ1v) is 18.4.